The van der Waals surface area contributed by atoms with E-state index in [1.54, 1.807) is 6.07 Å². The second kappa shape index (κ2) is 6.66. The average molecular weight is 267 g/mol. The Bertz CT molecular complexity index is 446. The molecule has 0 N–H and O–H groups in total. The molecule has 4 heteroatoms. The Hall–Kier alpha value is -1.42. The number of hydrogen-bond donors (Lipinski definition) is 0. The van der Waals surface area contributed by atoms with Gasteiger partial charge in [0.25, 0.3) is 0 Å². The van der Waals surface area contributed by atoms with E-state index in [1.807, 2.05) is 7.05 Å². The lowest BCUT2D eigenvalue weighted by Gasteiger charge is -2.27. The first-order chi connectivity index (χ1) is 8.86. The lowest BCUT2D eigenvalue weighted by Crippen LogP contribution is -2.32. The van der Waals surface area contributed by atoms with E-state index in [4.69, 9.17) is 0 Å². The summed E-state index contributed by atoms with van der Waals surface area (Å²) < 4.78 is 18.3. The molecule has 0 aliphatic rings. The van der Waals surface area contributed by atoms with E-state index < -0.39 is 11.8 Å². The van der Waals surface area contributed by atoms with E-state index in [0.29, 0.717) is 18.5 Å². The van der Waals surface area contributed by atoms with Crippen LogP contribution in [0, 0.1) is 11.7 Å². The number of carbonyl (C=O) groups excluding carboxylic acids is 1. The molecule has 1 aromatic rings. The number of halogens is 1. The van der Waals surface area contributed by atoms with Crippen LogP contribution in [0.4, 0.5) is 4.39 Å². The Morgan fingerprint density at radius 2 is 2.00 bits per heavy atom. The van der Waals surface area contributed by atoms with Crippen molar-refractivity contribution in [1.29, 1.82) is 0 Å². The van der Waals surface area contributed by atoms with Gasteiger partial charge in [-0.1, -0.05) is 19.9 Å². The molecule has 0 heterocycles. The maximum absolute atomic E-state index is 13.8. The van der Waals surface area contributed by atoms with Crippen molar-refractivity contribution in [2.75, 3.05) is 14.2 Å². The van der Waals surface area contributed by atoms with Gasteiger partial charge in [0.1, 0.15) is 5.82 Å². The van der Waals surface area contributed by atoms with Gasteiger partial charge in [-0.25, -0.2) is 9.18 Å². The zero-order valence-electron chi connectivity index (χ0n) is 12.2. The molecule has 1 aromatic carbocycles. The van der Waals surface area contributed by atoms with Crippen LogP contribution in [-0.4, -0.2) is 31.1 Å². The van der Waals surface area contributed by atoms with Crippen LogP contribution in [0.25, 0.3) is 0 Å². The summed E-state index contributed by atoms with van der Waals surface area (Å²) in [5.74, 6) is -0.646. The van der Waals surface area contributed by atoms with Gasteiger partial charge in [0.05, 0.1) is 12.7 Å². The molecular weight excluding hydrogens is 245 g/mol. The van der Waals surface area contributed by atoms with Crippen LogP contribution in [0.2, 0.25) is 0 Å². The quantitative estimate of drug-likeness (QED) is 0.768. The summed E-state index contributed by atoms with van der Waals surface area (Å²) in [4.78, 5) is 13.5. The summed E-state index contributed by atoms with van der Waals surface area (Å²) in [6.45, 7) is 7.10. The first-order valence-electron chi connectivity index (χ1n) is 6.43. The van der Waals surface area contributed by atoms with Crippen LogP contribution in [0.15, 0.2) is 18.2 Å². The maximum atomic E-state index is 13.8. The molecule has 0 fully saturated rings. The molecule has 19 heavy (non-hydrogen) atoms. The summed E-state index contributed by atoms with van der Waals surface area (Å²) in [5, 5.41) is 0. The van der Waals surface area contributed by atoms with Gasteiger partial charge >= 0.3 is 5.97 Å². The van der Waals surface area contributed by atoms with Crippen LogP contribution in [0.5, 0.6) is 0 Å². The third kappa shape index (κ3) is 4.03. The highest BCUT2D eigenvalue weighted by atomic mass is 19.1. The molecule has 0 radical (unpaired) electrons. The van der Waals surface area contributed by atoms with E-state index in [-0.39, 0.29) is 5.56 Å². The van der Waals surface area contributed by atoms with Crippen LogP contribution in [-0.2, 0) is 11.3 Å². The SMILES string of the molecule is COC(=O)c1ccc(CN(C)C(C)C(C)C)cc1F. The van der Waals surface area contributed by atoms with Gasteiger partial charge in [-0.05, 0) is 37.6 Å². The second-order valence-electron chi connectivity index (χ2n) is 5.21. The molecular formula is C15H22FNO2. The largest absolute Gasteiger partial charge is 0.465 e. The fraction of sp³-hybridized carbons (Fsp3) is 0.533. The van der Waals surface area contributed by atoms with Crippen LogP contribution in [0.1, 0.15) is 36.7 Å². The lowest BCUT2D eigenvalue weighted by atomic mass is 10.0. The van der Waals surface area contributed by atoms with Gasteiger partial charge in [0.15, 0.2) is 0 Å². The van der Waals surface area contributed by atoms with Crippen molar-refractivity contribution in [2.45, 2.75) is 33.4 Å². The molecule has 1 rings (SSSR count). The summed E-state index contributed by atoms with van der Waals surface area (Å²) in [5.41, 5.74) is 0.825. The Balaban J connectivity index is 2.82. The first-order valence-corrected chi connectivity index (χ1v) is 6.43. The van der Waals surface area contributed by atoms with Gasteiger partial charge in [-0.2, -0.15) is 0 Å². The highest BCUT2D eigenvalue weighted by Gasteiger charge is 2.16. The number of rotatable bonds is 5. The van der Waals surface area contributed by atoms with Crippen molar-refractivity contribution in [2.24, 2.45) is 5.92 Å². The summed E-state index contributed by atoms with van der Waals surface area (Å²) in [7, 11) is 3.25. The molecule has 0 saturated carbocycles. The smallest absolute Gasteiger partial charge is 0.340 e. The van der Waals surface area contributed by atoms with Crippen molar-refractivity contribution in [1.82, 2.24) is 4.90 Å². The Morgan fingerprint density at radius 1 is 1.37 bits per heavy atom. The minimum atomic E-state index is -0.645. The average Bonchev–Trinajstić information content (AvgIpc) is 2.36. The van der Waals surface area contributed by atoms with Crippen LogP contribution in [0.3, 0.4) is 0 Å². The number of esters is 1. The normalized spacial score (nSPS) is 12.8. The number of benzene rings is 1. The van der Waals surface area contributed by atoms with Crippen LogP contribution < -0.4 is 0 Å². The van der Waals surface area contributed by atoms with E-state index in [2.05, 4.69) is 30.4 Å². The predicted molar refractivity (Wildman–Crippen MR) is 73.5 cm³/mol. The van der Waals surface area contributed by atoms with Crippen molar-refractivity contribution >= 4 is 5.97 Å². The topological polar surface area (TPSA) is 29.5 Å². The van der Waals surface area contributed by atoms with Gasteiger partial charge in [-0.15, -0.1) is 0 Å². The van der Waals surface area contributed by atoms with E-state index in [0.717, 1.165) is 5.56 Å². The maximum Gasteiger partial charge on any atom is 0.340 e. The minimum Gasteiger partial charge on any atom is -0.465 e. The van der Waals surface area contributed by atoms with Gasteiger partial charge in [-0.3, -0.25) is 4.90 Å². The van der Waals surface area contributed by atoms with Gasteiger partial charge in [0.2, 0.25) is 0 Å². The van der Waals surface area contributed by atoms with Gasteiger partial charge < -0.3 is 4.74 Å². The number of hydrogen-bond acceptors (Lipinski definition) is 3. The molecule has 0 aliphatic carbocycles. The number of ether oxygens (including phenoxy) is 1. The molecule has 1 unspecified atom stereocenters. The molecule has 3 nitrogen and oxygen atoms in total. The predicted octanol–water partition coefficient (Wildman–Crippen LogP) is 3.09. The molecule has 0 aromatic heterocycles. The fourth-order valence-electron chi connectivity index (χ4n) is 1.87. The monoisotopic (exact) mass is 267 g/mol. The Kier molecular flexibility index (Phi) is 5.48. The highest BCUT2D eigenvalue weighted by molar-refractivity contribution is 5.89. The zero-order valence-corrected chi connectivity index (χ0v) is 12.2. The Labute approximate surface area is 114 Å². The molecule has 0 spiro atoms. The van der Waals surface area contributed by atoms with Crippen molar-refractivity contribution in [3.63, 3.8) is 0 Å². The highest BCUT2D eigenvalue weighted by Crippen LogP contribution is 2.16. The summed E-state index contributed by atoms with van der Waals surface area (Å²) >= 11 is 0. The zero-order chi connectivity index (χ0) is 14.6. The number of methoxy groups -OCH3 is 1. The van der Waals surface area contributed by atoms with E-state index >= 15 is 0 Å². The fourth-order valence-corrected chi connectivity index (χ4v) is 1.87. The molecule has 106 valence electrons. The summed E-state index contributed by atoms with van der Waals surface area (Å²) in [6.07, 6.45) is 0. The third-order valence-electron chi connectivity index (χ3n) is 3.53. The number of nitrogens with zero attached hydrogens (tertiary/aromatic N) is 1. The second-order valence-corrected chi connectivity index (χ2v) is 5.21. The summed E-state index contributed by atoms with van der Waals surface area (Å²) in [6, 6.07) is 5.04. The number of carbonyl (C=O) groups is 1. The lowest BCUT2D eigenvalue weighted by molar-refractivity contribution is 0.0595. The molecule has 0 aliphatic heterocycles. The third-order valence-corrected chi connectivity index (χ3v) is 3.53. The molecule has 0 amide bonds. The van der Waals surface area contributed by atoms with E-state index in [1.165, 1.54) is 19.2 Å². The molecule has 0 bridgehead atoms. The van der Waals surface area contributed by atoms with Gasteiger partial charge in [0, 0.05) is 12.6 Å². The van der Waals surface area contributed by atoms with Crippen molar-refractivity contribution < 1.29 is 13.9 Å². The van der Waals surface area contributed by atoms with E-state index in [9.17, 15) is 9.18 Å². The minimum absolute atomic E-state index is 0.0224. The van der Waals surface area contributed by atoms with Crippen molar-refractivity contribution in [3.8, 4) is 0 Å². The Morgan fingerprint density at radius 3 is 2.47 bits per heavy atom. The standard InChI is InChI=1S/C15H22FNO2/c1-10(2)11(3)17(4)9-12-6-7-13(14(16)8-12)15(18)19-5/h6-8,10-11H,9H2,1-5H3. The van der Waals surface area contributed by atoms with Crippen molar-refractivity contribution in [3.05, 3.63) is 35.1 Å². The molecule has 1 atom stereocenters. The van der Waals surface area contributed by atoms with Crippen LogP contribution >= 0.6 is 0 Å². The molecule has 0 saturated heterocycles. The first kappa shape index (κ1) is 15.6.